The maximum atomic E-state index is 13.3. The summed E-state index contributed by atoms with van der Waals surface area (Å²) in [4.78, 5) is 49.0. The van der Waals surface area contributed by atoms with Crippen LogP contribution in [0.25, 0.3) is 0 Å². The number of nitrogens with two attached hydrogens (primary N) is 1. The Hall–Kier alpha value is -4.77. The van der Waals surface area contributed by atoms with E-state index in [0.29, 0.717) is 23.5 Å². The summed E-state index contributed by atoms with van der Waals surface area (Å²) in [5, 5.41) is 10.9. The van der Waals surface area contributed by atoms with Crippen LogP contribution >= 0.6 is 0 Å². The third-order valence-corrected chi connectivity index (χ3v) is 5.88. The molecule has 11 heteroatoms. The fourth-order valence-corrected chi connectivity index (χ4v) is 3.93. The van der Waals surface area contributed by atoms with Crippen LogP contribution in [-0.2, 0) is 37.1 Å². The van der Waals surface area contributed by atoms with Crippen molar-refractivity contribution < 1.29 is 33.5 Å². The van der Waals surface area contributed by atoms with Crippen molar-refractivity contribution in [3.05, 3.63) is 106 Å². The molecular weight excluding hydrogens is 494 g/mol. The molecule has 3 aromatic carbocycles. The number of benzene rings is 3. The van der Waals surface area contributed by atoms with E-state index in [-0.39, 0.29) is 12.3 Å². The smallest absolute Gasteiger partial charge is 0.334 e. The minimum absolute atomic E-state index is 0.100. The van der Waals surface area contributed by atoms with Crippen molar-refractivity contribution >= 4 is 23.5 Å². The van der Waals surface area contributed by atoms with Crippen LogP contribution in [0.15, 0.2) is 78.9 Å². The lowest BCUT2D eigenvalue weighted by molar-refractivity contribution is -0.384. The SMILES string of the molecule is CC(=O)O[C@@H]1[C@@H](N)C(=O)N1C(C(=O)OCc1ccc([N+](=O)[O-])cc1)c1ccc(OCc2ccccc2)cc1. The molecule has 0 radical (unpaired) electrons. The maximum Gasteiger partial charge on any atom is 0.334 e. The first-order valence-electron chi connectivity index (χ1n) is 11.7. The molecule has 3 aromatic rings. The van der Waals surface area contributed by atoms with Crippen LogP contribution < -0.4 is 10.5 Å². The van der Waals surface area contributed by atoms with Gasteiger partial charge in [0.15, 0.2) is 6.04 Å². The molecule has 0 saturated carbocycles. The molecule has 2 N–H and O–H groups in total. The van der Waals surface area contributed by atoms with Gasteiger partial charge in [-0.25, -0.2) is 4.79 Å². The van der Waals surface area contributed by atoms with E-state index < -0.39 is 41.1 Å². The number of hydrogen-bond acceptors (Lipinski definition) is 9. The third kappa shape index (κ3) is 5.95. The Labute approximate surface area is 217 Å². The number of rotatable bonds is 10. The first-order valence-corrected chi connectivity index (χ1v) is 11.7. The highest BCUT2D eigenvalue weighted by molar-refractivity contribution is 5.94. The number of hydrogen-bond donors (Lipinski definition) is 1. The number of nitrogens with zero attached hydrogens (tertiary/aromatic N) is 2. The number of ether oxygens (including phenoxy) is 3. The quantitative estimate of drug-likeness (QED) is 0.184. The van der Waals surface area contributed by atoms with Crippen molar-refractivity contribution in [2.75, 3.05) is 0 Å². The number of nitro benzene ring substituents is 1. The van der Waals surface area contributed by atoms with Crippen LogP contribution in [0.3, 0.4) is 0 Å². The van der Waals surface area contributed by atoms with Crippen LogP contribution in [0, 0.1) is 10.1 Å². The van der Waals surface area contributed by atoms with E-state index in [2.05, 4.69) is 0 Å². The Balaban J connectivity index is 1.53. The molecule has 11 nitrogen and oxygen atoms in total. The van der Waals surface area contributed by atoms with Crippen molar-refractivity contribution in [3.8, 4) is 5.75 Å². The molecule has 1 aliphatic rings. The first kappa shape index (κ1) is 26.3. The van der Waals surface area contributed by atoms with Crippen molar-refractivity contribution in [2.45, 2.75) is 38.4 Å². The standard InChI is InChI=1S/C27H25N3O8/c1-17(31)38-26-23(28)25(32)29(26)24(27(33)37-16-19-7-11-21(12-8-19)30(34)35)20-9-13-22(14-10-20)36-15-18-5-3-2-4-6-18/h2-14,23-24,26H,15-16,28H2,1H3/t23-,24?,26+/m0/s1. The molecule has 196 valence electrons. The second kappa shape index (κ2) is 11.5. The molecule has 0 bridgehead atoms. The number of non-ortho nitro benzene ring substituents is 1. The van der Waals surface area contributed by atoms with Gasteiger partial charge in [-0.2, -0.15) is 0 Å². The molecule has 0 aromatic heterocycles. The molecular formula is C27H25N3O8. The van der Waals surface area contributed by atoms with E-state index >= 15 is 0 Å². The van der Waals surface area contributed by atoms with E-state index in [1.165, 1.54) is 31.2 Å². The highest BCUT2D eigenvalue weighted by Gasteiger charge is 2.53. The molecule has 1 amide bonds. The molecule has 1 heterocycles. The maximum absolute atomic E-state index is 13.3. The molecule has 0 aliphatic carbocycles. The van der Waals surface area contributed by atoms with Gasteiger partial charge in [0, 0.05) is 19.1 Å². The Bertz CT molecular complexity index is 1310. The lowest BCUT2D eigenvalue weighted by atomic mass is 9.96. The Morgan fingerprint density at radius 2 is 1.61 bits per heavy atom. The highest BCUT2D eigenvalue weighted by atomic mass is 16.6. The molecule has 1 aliphatic heterocycles. The molecule has 38 heavy (non-hydrogen) atoms. The van der Waals surface area contributed by atoms with E-state index in [4.69, 9.17) is 19.9 Å². The zero-order valence-electron chi connectivity index (χ0n) is 20.4. The highest BCUT2D eigenvalue weighted by Crippen LogP contribution is 2.34. The van der Waals surface area contributed by atoms with Gasteiger partial charge < -0.3 is 19.9 Å². The minimum Gasteiger partial charge on any atom is -0.489 e. The van der Waals surface area contributed by atoms with Crippen LogP contribution in [0.1, 0.15) is 29.7 Å². The fourth-order valence-electron chi connectivity index (χ4n) is 3.93. The number of likely N-dealkylation sites (tertiary alicyclic amines) is 1. The Morgan fingerprint density at radius 3 is 2.21 bits per heavy atom. The number of carbonyl (C=O) groups is 3. The number of esters is 2. The summed E-state index contributed by atoms with van der Waals surface area (Å²) in [5.41, 5.74) is 7.63. The Kier molecular flexibility index (Phi) is 7.97. The zero-order valence-corrected chi connectivity index (χ0v) is 20.4. The summed E-state index contributed by atoms with van der Waals surface area (Å²) in [7, 11) is 0. The largest absolute Gasteiger partial charge is 0.489 e. The molecule has 0 spiro atoms. The molecule has 4 rings (SSSR count). The van der Waals surface area contributed by atoms with Crippen molar-refractivity contribution in [1.82, 2.24) is 4.90 Å². The lowest BCUT2D eigenvalue weighted by Crippen LogP contribution is -2.71. The molecule has 1 fully saturated rings. The molecule has 1 saturated heterocycles. The van der Waals surface area contributed by atoms with Crippen LogP contribution in [0.2, 0.25) is 0 Å². The second-order valence-electron chi connectivity index (χ2n) is 8.55. The monoisotopic (exact) mass is 519 g/mol. The van der Waals surface area contributed by atoms with Crippen LogP contribution in [-0.4, -0.2) is 39.9 Å². The zero-order chi connectivity index (χ0) is 27.2. The lowest BCUT2D eigenvalue weighted by Gasteiger charge is -2.47. The van der Waals surface area contributed by atoms with Gasteiger partial charge >= 0.3 is 11.9 Å². The number of carbonyl (C=O) groups excluding carboxylic acids is 3. The minimum atomic E-state index is -1.26. The van der Waals surface area contributed by atoms with Gasteiger partial charge in [-0.15, -0.1) is 0 Å². The fraction of sp³-hybridized carbons (Fsp3) is 0.222. The van der Waals surface area contributed by atoms with E-state index in [9.17, 15) is 24.5 Å². The van der Waals surface area contributed by atoms with E-state index in [0.717, 1.165) is 10.5 Å². The van der Waals surface area contributed by atoms with Crippen LogP contribution in [0.5, 0.6) is 5.75 Å². The molecule has 3 atom stereocenters. The predicted molar refractivity (Wildman–Crippen MR) is 133 cm³/mol. The van der Waals surface area contributed by atoms with Gasteiger partial charge in [-0.1, -0.05) is 42.5 Å². The van der Waals surface area contributed by atoms with Gasteiger partial charge in [0.25, 0.3) is 5.69 Å². The van der Waals surface area contributed by atoms with Gasteiger partial charge in [0.05, 0.1) is 4.92 Å². The molecule has 1 unspecified atom stereocenters. The predicted octanol–water partition coefficient (Wildman–Crippen LogP) is 3.02. The topological polar surface area (TPSA) is 151 Å². The van der Waals surface area contributed by atoms with Crippen LogP contribution in [0.4, 0.5) is 5.69 Å². The summed E-state index contributed by atoms with van der Waals surface area (Å²) in [6.45, 7) is 1.32. The van der Waals surface area contributed by atoms with Crippen molar-refractivity contribution in [1.29, 1.82) is 0 Å². The summed E-state index contributed by atoms with van der Waals surface area (Å²) in [5.74, 6) is -1.50. The van der Waals surface area contributed by atoms with Gasteiger partial charge in [-0.3, -0.25) is 24.6 Å². The average Bonchev–Trinajstić information content (AvgIpc) is 2.93. The van der Waals surface area contributed by atoms with E-state index in [1.54, 1.807) is 24.3 Å². The van der Waals surface area contributed by atoms with Gasteiger partial charge in [0.1, 0.15) is 25.0 Å². The van der Waals surface area contributed by atoms with E-state index in [1.807, 2.05) is 30.3 Å². The van der Waals surface area contributed by atoms with Crippen molar-refractivity contribution in [3.63, 3.8) is 0 Å². The van der Waals surface area contributed by atoms with Crippen molar-refractivity contribution in [2.24, 2.45) is 5.73 Å². The third-order valence-electron chi connectivity index (χ3n) is 5.88. The first-order chi connectivity index (χ1) is 18.2. The van der Waals surface area contributed by atoms with Gasteiger partial charge in [-0.05, 0) is 41.0 Å². The number of β-lactam (4-membered cyclic amide) rings is 1. The normalized spacial score (nSPS) is 17.2. The van der Waals surface area contributed by atoms with Gasteiger partial charge in [0.2, 0.25) is 12.1 Å². The summed E-state index contributed by atoms with van der Waals surface area (Å²) in [6.07, 6.45) is -1.15. The summed E-state index contributed by atoms with van der Waals surface area (Å²) >= 11 is 0. The number of amides is 1. The number of nitro groups is 1. The summed E-state index contributed by atoms with van der Waals surface area (Å²) < 4.78 is 16.4. The Morgan fingerprint density at radius 1 is 0.974 bits per heavy atom. The average molecular weight is 520 g/mol. The summed E-state index contributed by atoms with van der Waals surface area (Å²) in [6, 6.07) is 19.3. The second-order valence-corrected chi connectivity index (χ2v) is 8.55.